The molecule has 3 aromatic carbocycles. The summed E-state index contributed by atoms with van der Waals surface area (Å²) in [4.78, 5) is 41.6. The van der Waals surface area contributed by atoms with Crippen LogP contribution in [0, 0.1) is 26.7 Å². The molecule has 33 heavy (non-hydrogen) atoms. The highest BCUT2D eigenvalue weighted by atomic mass is 16.2. The molecule has 0 bridgehead atoms. The van der Waals surface area contributed by atoms with Gasteiger partial charge < -0.3 is 15.1 Å². The number of anilines is 2. The summed E-state index contributed by atoms with van der Waals surface area (Å²) in [5.41, 5.74) is 4.71. The van der Waals surface area contributed by atoms with E-state index in [1.807, 2.05) is 75.4 Å². The van der Waals surface area contributed by atoms with E-state index in [9.17, 15) is 14.4 Å². The Bertz CT molecular complexity index is 1220. The van der Waals surface area contributed by atoms with Crippen LogP contribution in [0.4, 0.5) is 11.4 Å². The fourth-order valence-corrected chi connectivity index (χ4v) is 4.71. The van der Waals surface area contributed by atoms with Crippen LogP contribution in [0.3, 0.4) is 0 Å². The van der Waals surface area contributed by atoms with Gasteiger partial charge in [0.15, 0.2) is 0 Å². The maximum atomic E-state index is 13.1. The molecule has 0 saturated carbocycles. The number of hydrogen-bond acceptors (Lipinski definition) is 3. The molecule has 1 atom stereocenters. The van der Waals surface area contributed by atoms with Crippen molar-refractivity contribution >= 4 is 39.9 Å². The lowest BCUT2D eigenvalue weighted by Crippen LogP contribution is -2.39. The van der Waals surface area contributed by atoms with Gasteiger partial charge in [-0.15, -0.1) is 0 Å². The van der Waals surface area contributed by atoms with Crippen molar-refractivity contribution in [2.45, 2.75) is 27.2 Å². The Kier molecular flexibility index (Phi) is 6.18. The minimum atomic E-state index is -0.475. The van der Waals surface area contributed by atoms with E-state index in [2.05, 4.69) is 5.32 Å². The van der Waals surface area contributed by atoms with Gasteiger partial charge in [-0.25, -0.2) is 0 Å². The molecule has 1 aliphatic heterocycles. The molecule has 3 aromatic rings. The molecule has 1 N–H and O–H groups in total. The Morgan fingerprint density at radius 2 is 1.70 bits per heavy atom. The smallest absolute Gasteiger partial charge is 0.243 e. The average molecular weight is 444 g/mol. The summed E-state index contributed by atoms with van der Waals surface area (Å²) in [6.45, 7) is 6.17. The van der Waals surface area contributed by atoms with Crippen LogP contribution in [-0.2, 0) is 14.4 Å². The summed E-state index contributed by atoms with van der Waals surface area (Å²) in [6.07, 6.45) is 0.143. The Hall–Kier alpha value is -3.67. The topological polar surface area (TPSA) is 69.7 Å². The van der Waals surface area contributed by atoms with E-state index < -0.39 is 5.92 Å². The number of nitrogens with zero attached hydrogens (tertiary/aromatic N) is 2. The third-order valence-corrected chi connectivity index (χ3v) is 6.23. The van der Waals surface area contributed by atoms with Crippen molar-refractivity contribution < 1.29 is 14.4 Å². The van der Waals surface area contributed by atoms with E-state index in [4.69, 9.17) is 0 Å². The number of hydrogen-bond donors (Lipinski definition) is 1. The van der Waals surface area contributed by atoms with E-state index in [0.717, 1.165) is 38.8 Å². The van der Waals surface area contributed by atoms with Crippen LogP contribution in [0.25, 0.3) is 10.8 Å². The van der Waals surface area contributed by atoms with Gasteiger partial charge in [-0.05, 0) is 43.4 Å². The number of rotatable bonds is 5. The number of carbonyl (C=O) groups excluding carboxylic acids is 3. The highest BCUT2D eigenvalue weighted by molar-refractivity contribution is 6.07. The summed E-state index contributed by atoms with van der Waals surface area (Å²) in [7, 11) is 1.61. The van der Waals surface area contributed by atoms with Crippen LogP contribution in [0.1, 0.15) is 23.1 Å². The lowest BCUT2D eigenvalue weighted by atomic mass is 10.0. The second-order valence-electron chi connectivity index (χ2n) is 8.92. The van der Waals surface area contributed by atoms with Crippen LogP contribution in [-0.4, -0.2) is 42.8 Å². The van der Waals surface area contributed by atoms with Crippen molar-refractivity contribution in [2.24, 2.45) is 5.92 Å². The SMILES string of the molecule is Cc1cc(C)c(NC(=O)CN(C)C(=O)[C@@H]2CC(=O)N(c3cccc4ccccc34)C2)c(C)c1. The highest BCUT2D eigenvalue weighted by Gasteiger charge is 2.37. The molecule has 0 spiro atoms. The van der Waals surface area contributed by atoms with Crippen LogP contribution in [0.5, 0.6) is 0 Å². The van der Waals surface area contributed by atoms with Gasteiger partial charge in [-0.2, -0.15) is 0 Å². The van der Waals surface area contributed by atoms with Crippen LogP contribution < -0.4 is 10.2 Å². The quantitative estimate of drug-likeness (QED) is 0.642. The third-order valence-electron chi connectivity index (χ3n) is 6.23. The number of amides is 3. The summed E-state index contributed by atoms with van der Waals surface area (Å²) in [5, 5.41) is 4.97. The summed E-state index contributed by atoms with van der Waals surface area (Å²) < 4.78 is 0. The monoisotopic (exact) mass is 443 g/mol. The van der Waals surface area contributed by atoms with Gasteiger partial charge in [0, 0.05) is 31.1 Å². The Balaban J connectivity index is 1.43. The molecule has 0 aromatic heterocycles. The highest BCUT2D eigenvalue weighted by Crippen LogP contribution is 2.32. The van der Waals surface area contributed by atoms with Gasteiger partial charge in [0.1, 0.15) is 0 Å². The number of aryl methyl sites for hydroxylation is 3. The van der Waals surface area contributed by atoms with Crippen molar-refractivity contribution in [1.82, 2.24) is 4.90 Å². The largest absolute Gasteiger partial charge is 0.336 e. The standard InChI is InChI=1S/C27H29N3O3/c1-17-12-18(2)26(19(3)13-17)28-24(31)16-29(4)27(33)21-14-25(32)30(15-21)23-11-7-9-20-8-5-6-10-22(20)23/h5-13,21H,14-16H2,1-4H3,(H,28,31)/t21-/m1/s1. The average Bonchev–Trinajstić information content (AvgIpc) is 3.16. The van der Waals surface area contributed by atoms with Crippen LogP contribution >= 0.6 is 0 Å². The molecule has 6 nitrogen and oxygen atoms in total. The Labute approximate surface area is 194 Å². The number of likely N-dealkylation sites (N-methyl/N-ethyl adjacent to an activating group) is 1. The number of nitrogens with one attached hydrogen (secondary N) is 1. The zero-order chi connectivity index (χ0) is 23.7. The molecule has 0 radical (unpaired) electrons. The second-order valence-corrected chi connectivity index (χ2v) is 8.92. The summed E-state index contributed by atoms with van der Waals surface area (Å²) in [5.74, 6) is -1.000. The minimum Gasteiger partial charge on any atom is -0.336 e. The molecule has 1 heterocycles. The zero-order valence-corrected chi connectivity index (χ0v) is 19.5. The van der Waals surface area contributed by atoms with Gasteiger partial charge in [0.2, 0.25) is 17.7 Å². The van der Waals surface area contributed by atoms with Crippen LogP contribution in [0.15, 0.2) is 54.6 Å². The molecular formula is C27H29N3O3. The molecule has 6 heteroatoms. The third kappa shape index (κ3) is 4.60. The first-order chi connectivity index (χ1) is 15.7. The fraction of sp³-hybridized carbons (Fsp3) is 0.296. The Morgan fingerprint density at radius 1 is 1.03 bits per heavy atom. The van der Waals surface area contributed by atoms with Gasteiger partial charge >= 0.3 is 0 Å². The molecule has 3 amide bonds. The van der Waals surface area contributed by atoms with E-state index in [0.29, 0.717) is 6.54 Å². The lowest BCUT2D eigenvalue weighted by Gasteiger charge is -2.22. The predicted octanol–water partition coefficient (Wildman–Crippen LogP) is 4.22. The van der Waals surface area contributed by atoms with Crippen molar-refractivity contribution in [2.75, 3.05) is 30.4 Å². The molecule has 0 aliphatic carbocycles. The first-order valence-electron chi connectivity index (χ1n) is 11.2. The first-order valence-corrected chi connectivity index (χ1v) is 11.2. The number of carbonyl (C=O) groups is 3. The molecule has 1 saturated heterocycles. The van der Waals surface area contributed by atoms with E-state index in [-0.39, 0.29) is 30.7 Å². The number of benzene rings is 3. The molecule has 170 valence electrons. The van der Waals surface area contributed by atoms with Crippen molar-refractivity contribution in [3.05, 3.63) is 71.3 Å². The van der Waals surface area contributed by atoms with E-state index >= 15 is 0 Å². The predicted molar refractivity (Wildman–Crippen MR) is 131 cm³/mol. The second kappa shape index (κ2) is 9.06. The minimum absolute atomic E-state index is 0.0649. The van der Waals surface area contributed by atoms with E-state index in [1.54, 1.807) is 11.9 Å². The van der Waals surface area contributed by atoms with Crippen molar-refractivity contribution in [1.29, 1.82) is 0 Å². The van der Waals surface area contributed by atoms with Gasteiger partial charge in [0.05, 0.1) is 18.2 Å². The molecule has 1 fully saturated rings. The van der Waals surface area contributed by atoms with Gasteiger partial charge in [-0.3, -0.25) is 14.4 Å². The van der Waals surface area contributed by atoms with Crippen molar-refractivity contribution in [3.63, 3.8) is 0 Å². The number of fused-ring (bicyclic) bond motifs is 1. The lowest BCUT2D eigenvalue weighted by molar-refractivity contribution is -0.137. The van der Waals surface area contributed by atoms with E-state index in [1.165, 1.54) is 4.90 Å². The van der Waals surface area contributed by atoms with Crippen LogP contribution in [0.2, 0.25) is 0 Å². The maximum absolute atomic E-state index is 13.1. The molecule has 1 aliphatic rings. The molecule has 0 unspecified atom stereocenters. The fourth-order valence-electron chi connectivity index (χ4n) is 4.71. The normalized spacial score (nSPS) is 15.7. The van der Waals surface area contributed by atoms with Gasteiger partial charge in [0.25, 0.3) is 0 Å². The Morgan fingerprint density at radius 3 is 2.42 bits per heavy atom. The van der Waals surface area contributed by atoms with Crippen molar-refractivity contribution in [3.8, 4) is 0 Å². The van der Waals surface area contributed by atoms with Gasteiger partial charge in [-0.1, -0.05) is 54.1 Å². The molecular weight excluding hydrogens is 414 g/mol. The molecule has 4 rings (SSSR count). The first kappa shape index (κ1) is 22.5. The zero-order valence-electron chi connectivity index (χ0n) is 19.5. The summed E-state index contributed by atoms with van der Waals surface area (Å²) in [6, 6.07) is 17.8. The summed E-state index contributed by atoms with van der Waals surface area (Å²) >= 11 is 0. The maximum Gasteiger partial charge on any atom is 0.243 e.